The number of nitrogens with one attached hydrogen (secondary N) is 2. The zero-order valence-electron chi connectivity index (χ0n) is 12.3. The topological polar surface area (TPSA) is 118 Å². The lowest BCUT2D eigenvalue weighted by Crippen LogP contribution is -2.27. The Morgan fingerprint density at radius 1 is 1.41 bits per heavy atom. The SMILES string of the molecule is CCc1cc(C(=O)NC(C)c2cccc(S(N)(=O)=O)c2)n[nH]1. The quantitative estimate of drug-likeness (QED) is 0.764. The molecule has 1 atom stereocenters. The van der Waals surface area contributed by atoms with E-state index in [0.29, 0.717) is 11.3 Å². The van der Waals surface area contributed by atoms with Gasteiger partial charge in [-0.05, 0) is 37.1 Å². The molecule has 1 heterocycles. The Morgan fingerprint density at radius 2 is 2.14 bits per heavy atom. The molecule has 0 spiro atoms. The van der Waals surface area contributed by atoms with Gasteiger partial charge in [0.15, 0.2) is 0 Å². The highest BCUT2D eigenvalue weighted by Gasteiger charge is 2.16. The van der Waals surface area contributed by atoms with Crippen LogP contribution in [0.25, 0.3) is 0 Å². The van der Waals surface area contributed by atoms with Crippen LogP contribution in [0.3, 0.4) is 0 Å². The monoisotopic (exact) mass is 322 g/mol. The zero-order valence-corrected chi connectivity index (χ0v) is 13.1. The number of sulfonamides is 1. The Morgan fingerprint density at radius 3 is 2.73 bits per heavy atom. The maximum Gasteiger partial charge on any atom is 0.272 e. The van der Waals surface area contributed by atoms with Crippen molar-refractivity contribution in [2.24, 2.45) is 5.14 Å². The largest absolute Gasteiger partial charge is 0.344 e. The molecule has 1 unspecified atom stereocenters. The molecule has 0 aliphatic carbocycles. The molecule has 0 saturated carbocycles. The Balaban J connectivity index is 2.15. The van der Waals surface area contributed by atoms with E-state index in [2.05, 4.69) is 15.5 Å². The molecule has 0 aliphatic rings. The van der Waals surface area contributed by atoms with E-state index in [4.69, 9.17) is 5.14 Å². The van der Waals surface area contributed by atoms with Gasteiger partial charge in [0, 0.05) is 5.69 Å². The minimum absolute atomic E-state index is 0.0131. The summed E-state index contributed by atoms with van der Waals surface area (Å²) < 4.78 is 22.7. The molecule has 1 amide bonds. The number of aromatic nitrogens is 2. The molecule has 0 bridgehead atoms. The van der Waals surface area contributed by atoms with Gasteiger partial charge in [0.25, 0.3) is 5.91 Å². The molecule has 0 aliphatic heterocycles. The van der Waals surface area contributed by atoms with Gasteiger partial charge >= 0.3 is 0 Å². The summed E-state index contributed by atoms with van der Waals surface area (Å²) in [6, 6.07) is 7.47. The van der Waals surface area contributed by atoms with Gasteiger partial charge in [-0.1, -0.05) is 19.1 Å². The van der Waals surface area contributed by atoms with E-state index < -0.39 is 10.0 Å². The van der Waals surface area contributed by atoms with Gasteiger partial charge in [-0.25, -0.2) is 13.6 Å². The number of nitrogens with zero attached hydrogens (tertiary/aromatic N) is 1. The predicted molar refractivity (Wildman–Crippen MR) is 81.7 cm³/mol. The van der Waals surface area contributed by atoms with Crippen LogP contribution >= 0.6 is 0 Å². The van der Waals surface area contributed by atoms with E-state index in [1.54, 1.807) is 25.1 Å². The number of carbonyl (C=O) groups is 1. The third-order valence-corrected chi connectivity index (χ3v) is 4.19. The summed E-state index contributed by atoms with van der Waals surface area (Å²) in [4.78, 5) is 12.1. The average molecular weight is 322 g/mol. The second-order valence-corrected chi connectivity index (χ2v) is 6.51. The average Bonchev–Trinajstić information content (AvgIpc) is 2.95. The Bertz CT molecular complexity index is 783. The first kappa shape index (κ1) is 16.2. The number of aromatic amines is 1. The molecule has 0 radical (unpaired) electrons. The normalized spacial score (nSPS) is 12.9. The van der Waals surface area contributed by atoms with Gasteiger partial charge in [-0.15, -0.1) is 0 Å². The highest BCUT2D eigenvalue weighted by atomic mass is 32.2. The number of benzene rings is 1. The first-order valence-corrected chi connectivity index (χ1v) is 8.33. The maximum atomic E-state index is 12.1. The van der Waals surface area contributed by atoms with Gasteiger partial charge in [0.2, 0.25) is 10.0 Å². The van der Waals surface area contributed by atoms with Crippen LogP contribution < -0.4 is 10.5 Å². The van der Waals surface area contributed by atoms with Gasteiger partial charge < -0.3 is 5.32 Å². The summed E-state index contributed by atoms with van der Waals surface area (Å²) in [6.45, 7) is 3.71. The highest BCUT2D eigenvalue weighted by molar-refractivity contribution is 7.89. The van der Waals surface area contributed by atoms with Crippen LogP contribution in [0.15, 0.2) is 35.2 Å². The summed E-state index contributed by atoms with van der Waals surface area (Å²) in [7, 11) is -3.77. The molecule has 2 rings (SSSR count). The molecule has 22 heavy (non-hydrogen) atoms. The van der Waals surface area contributed by atoms with E-state index in [-0.39, 0.29) is 16.8 Å². The predicted octanol–water partition coefficient (Wildman–Crippen LogP) is 1.11. The maximum absolute atomic E-state index is 12.1. The fourth-order valence-electron chi connectivity index (χ4n) is 1.97. The van der Waals surface area contributed by atoms with Gasteiger partial charge in [-0.3, -0.25) is 9.89 Å². The number of amides is 1. The van der Waals surface area contributed by atoms with Crippen molar-refractivity contribution in [1.29, 1.82) is 0 Å². The molecule has 1 aromatic heterocycles. The zero-order chi connectivity index (χ0) is 16.3. The number of hydrogen-bond acceptors (Lipinski definition) is 4. The molecule has 0 saturated heterocycles. The molecule has 8 heteroatoms. The van der Waals surface area contributed by atoms with Crippen molar-refractivity contribution in [3.05, 3.63) is 47.3 Å². The lowest BCUT2D eigenvalue weighted by Gasteiger charge is -2.14. The third-order valence-electron chi connectivity index (χ3n) is 3.28. The van der Waals surface area contributed by atoms with Crippen LogP contribution in [0, 0.1) is 0 Å². The van der Waals surface area contributed by atoms with Gasteiger partial charge in [-0.2, -0.15) is 5.10 Å². The molecular weight excluding hydrogens is 304 g/mol. The van der Waals surface area contributed by atoms with E-state index in [9.17, 15) is 13.2 Å². The van der Waals surface area contributed by atoms with Crippen molar-refractivity contribution < 1.29 is 13.2 Å². The second-order valence-electron chi connectivity index (χ2n) is 4.94. The van der Waals surface area contributed by atoms with Crippen molar-refractivity contribution in [1.82, 2.24) is 15.5 Å². The Hall–Kier alpha value is -2.19. The minimum atomic E-state index is -3.77. The number of rotatable bonds is 5. The van der Waals surface area contributed by atoms with Crippen molar-refractivity contribution in [3.8, 4) is 0 Å². The van der Waals surface area contributed by atoms with Gasteiger partial charge in [0.1, 0.15) is 5.69 Å². The molecule has 118 valence electrons. The number of primary sulfonamides is 1. The number of hydrogen-bond donors (Lipinski definition) is 3. The van der Waals surface area contributed by atoms with Crippen LogP contribution in [0.1, 0.15) is 41.6 Å². The number of nitrogens with two attached hydrogens (primary N) is 1. The van der Waals surface area contributed by atoms with Gasteiger partial charge in [0.05, 0.1) is 10.9 Å². The van der Waals surface area contributed by atoms with E-state index in [0.717, 1.165) is 12.1 Å². The smallest absolute Gasteiger partial charge is 0.272 e. The first-order valence-electron chi connectivity index (χ1n) is 6.79. The van der Waals surface area contributed by atoms with E-state index >= 15 is 0 Å². The van der Waals surface area contributed by atoms with Crippen LogP contribution in [-0.4, -0.2) is 24.5 Å². The molecule has 0 fully saturated rings. The molecule has 4 N–H and O–H groups in total. The molecule has 2 aromatic rings. The molecule has 1 aromatic carbocycles. The standard InChI is InChI=1S/C14H18N4O3S/c1-3-11-8-13(18-17-11)14(19)16-9(2)10-5-4-6-12(7-10)22(15,20)21/h4-9H,3H2,1-2H3,(H,16,19)(H,17,18)(H2,15,20,21). The fourth-order valence-corrected chi connectivity index (χ4v) is 2.54. The third kappa shape index (κ3) is 3.71. The highest BCUT2D eigenvalue weighted by Crippen LogP contribution is 2.17. The lowest BCUT2D eigenvalue weighted by atomic mass is 10.1. The number of aryl methyl sites for hydroxylation is 1. The number of carbonyl (C=O) groups excluding carboxylic acids is 1. The van der Waals surface area contributed by atoms with E-state index in [1.807, 2.05) is 6.92 Å². The van der Waals surface area contributed by atoms with Crippen molar-refractivity contribution in [2.45, 2.75) is 31.2 Å². The number of H-pyrrole nitrogens is 1. The Kier molecular flexibility index (Phi) is 4.62. The minimum Gasteiger partial charge on any atom is -0.344 e. The van der Waals surface area contributed by atoms with Crippen LogP contribution in [0.2, 0.25) is 0 Å². The summed E-state index contributed by atoms with van der Waals surface area (Å²) in [5.41, 5.74) is 1.81. The second kappa shape index (κ2) is 6.29. The van der Waals surface area contributed by atoms with Crippen molar-refractivity contribution in [2.75, 3.05) is 0 Å². The summed E-state index contributed by atoms with van der Waals surface area (Å²) in [5.74, 6) is -0.329. The van der Waals surface area contributed by atoms with E-state index in [1.165, 1.54) is 12.1 Å². The van der Waals surface area contributed by atoms with Crippen molar-refractivity contribution in [3.63, 3.8) is 0 Å². The Labute approximate surface area is 129 Å². The lowest BCUT2D eigenvalue weighted by molar-refractivity contribution is 0.0935. The summed E-state index contributed by atoms with van der Waals surface area (Å²) in [6.07, 6.45) is 0.756. The fraction of sp³-hybridized carbons (Fsp3) is 0.286. The van der Waals surface area contributed by atoms with Crippen LogP contribution in [-0.2, 0) is 16.4 Å². The van der Waals surface area contributed by atoms with Crippen LogP contribution in [0.4, 0.5) is 0 Å². The van der Waals surface area contributed by atoms with Crippen molar-refractivity contribution >= 4 is 15.9 Å². The summed E-state index contributed by atoms with van der Waals surface area (Å²) >= 11 is 0. The van der Waals surface area contributed by atoms with Crippen LogP contribution in [0.5, 0.6) is 0 Å². The molecular formula is C14H18N4O3S. The summed E-state index contributed by atoms with van der Waals surface area (Å²) in [5, 5.41) is 14.6. The first-order chi connectivity index (χ1) is 10.3. The molecule has 7 nitrogen and oxygen atoms in total.